The maximum atomic E-state index is 14.0. The number of cyclic esters (lactones) is 3. The van der Waals surface area contributed by atoms with Crippen LogP contribution in [0.15, 0.2) is 109 Å². The number of pyridine rings is 3. The molecule has 0 radical (unpaired) electrons. The maximum Gasteiger partial charge on any atom is 0.321 e. The van der Waals surface area contributed by atoms with E-state index in [9.17, 15) is 61.9 Å². The van der Waals surface area contributed by atoms with Gasteiger partial charge in [-0.15, -0.1) is 0 Å². The van der Waals surface area contributed by atoms with Gasteiger partial charge in [-0.05, 0) is 183 Å². The quantitative estimate of drug-likeness (QED) is 0.0573. The number of esters is 3. The lowest BCUT2D eigenvalue weighted by molar-refractivity contribution is -0.301. The minimum Gasteiger partial charge on any atom is -0.451 e. The molecular formula is C99H128FN15O19. The number of ether oxygens (including phenoxy) is 7. The molecule has 9 aliphatic rings. The number of nitrogens with one attached hydrogen (secondary N) is 9. The van der Waals surface area contributed by atoms with Gasteiger partial charge in [0.15, 0.2) is 24.1 Å². The average Bonchev–Trinajstić information content (AvgIpc) is 0.971. The molecule has 15 bridgehead atoms. The van der Waals surface area contributed by atoms with Gasteiger partial charge in [-0.25, -0.2) is 20.7 Å². The highest BCUT2D eigenvalue weighted by Gasteiger charge is 2.51. The third-order valence-corrected chi connectivity index (χ3v) is 26.4. The fraction of sp³-hybridized carbons (Fsp3) is 0.545. The molecule has 6 fully saturated rings. The van der Waals surface area contributed by atoms with Crippen LogP contribution in [-0.4, -0.2) is 221 Å². The largest absolute Gasteiger partial charge is 0.451 e. The number of aromatic nitrogens is 3. The van der Waals surface area contributed by atoms with Gasteiger partial charge in [0.05, 0.1) is 83.6 Å². The number of carbonyl (C=O) groups excluding carboxylic acids is 12. The Morgan fingerprint density at radius 2 is 0.687 bits per heavy atom. The van der Waals surface area contributed by atoms with Crippen molar-refractivity contribution >= 4 is 122 Å². The minimum atomic E-state index is -1.50. The van der Waals surface area contributed by atoms with Crippen LogP contribution in [-0.2, 0) is 90.7 Å². The van der Waals surface area contributed by atoms with Crippen LogP contribution in [0, 0.1) is 39.9 Å². The number of carbonyl (C=O) groups is 12. The molecule has 11 heterocycles. The van der Waals surface area contributed by atoms with Crippen LogP contribution in [0.4, 0.5) is 4.39 Å². The lowest BCUT2D eigenvalue weighted by Crippen LogP contribution is -2.61. The molecule has 3 aromatic heterocycles. The second-order valence-corrected chi connectivity index (χ2v) is 38.0. The van der Waals surface area contributed by atoms with E-state index in [1.54, 1.807) is 72.8 Å². The number of hydrogen-bond donors (Lipinski definition) is 9. The highest BCUT2D eigenvalue weighted by atomic mass is 19.1. The number of nitrogens with zero attached hydrogens (tertiary/aromatic N) is 6. The number of benzene rings is 3. The van der Waals surface area contributed by atoms with E-state index in [-0.39, 0.29) is 87.2 Å². The summed E-state index contributed by atoms with van der Waals surface area (Å²) in [7, 11) is 0. The van der Waals surface area contributed by atoms with Crippen LogP contribution in [0.1, 0.15) is 219 Å². The van der Waals surface area contributed by atoms with E-state index in [1.807, 2.05) is 138 Å². The van der Waals surface area contributed by atoms with Gasteiger partial charge in [0.1, 0.15) is 60.5 Å². The Balaban J connectivity index is 0.000000171. The average molecular weight is 1850 g/mol. The van der Waals surface area contributed by atoms with Crippen LogP contribution in [0.3, 0.4) is 0 Å². The van der Waals surface area contributed by atoms with Gasteiger partial charge in [0.25, 0.3) is 35.4 Å². The maximum absolute atomic E-state index is 14.0. The first-order valence-electron chi connectivity index (χ1n) is 46.9. The fourth-order valence-corrected chi connectivity index (χ4v) is 17.6. The number of halogens is 1. The Labute approximate surface area is 779 Å². The fourth-order valence-electron chi connectivity index (χ4n) is 17.6. The normalized spacial score (nSPS) is 30.5. The standard InChI is InChI=1S/C34H44FN5O7.C34H45N5O5.C31H39N5O7/c1-6-34(17-35)45-18-33(19-46-34)14-13-23-9-10-24-11-12-25(38-27(24)16-23)21(4)36-29(41)26-8-7-15-40(39-26)31(43)22(5)37-30(42)28(20(2)3)47-32(33)44;1-20(2)29-31(41)36-23(5)32(42)39-18-6-7-27(38-39)30(40)35-22(4)26-11-10-25-9-8-24(19-28(25)37-26)14-17-34(33(43)44-29)15-12-21(3)13-16-34;1-18(2)26-28(38)33-20(4)29(39)36-13-5-6-24(35-36)27(37)32-19(3)23-10-9-22-8-7-21(14-25(22)34-23)11-12-31(30(40)43-26)15-41-17-42-16-31/h9-14,16,20-22,26,28,39H,6-8,15,17-19H2,1-5H3,(H,36,41)(H,37,42);8-11,14,17,19-23,27,29,38H,6-7,12-13,15-16,18H2,1-5H3,(H,35,40)(H,36,41);7-12,14,18-20,24,26,35H,5-6,13,15-17H2,1-4H3,(H,32,37)(H,33,38)/b14-13+;17-14+;12-11+/t21-,22+,26+,28+,33?,34?;21?,22-,23+,27+,29?,34?;19-,20+,24+,26+/m111/s1. The van der Waals surface area contributed by atoms with Crippen molar-refractivity contribution in [3.8, 4) is 0 Å². The molecule has 15 rings (SSSR count). The van der Waals surface area contributed by atoms with Crippen LogP contribution in [0.25, 0.3) is 50.9 Å². The predicted molar refractivity (Wildman–Crippen MR) is 495 cm³/mol. The van der Waals surface area contributed by atoms with Crippen LogP contribution in [0.2, 0.25) is 0 Å². The van der Waals surface area contributed by atoms with Gasteiger partial charge in [0, 0.05) is 42.2 Å². The molecule has 1 unspecified atom stereocenters. The van der Waals surface area contributed by atoms with Crippen LogP contribution < -0.4 is 48.2 Å². The first-order valence-corrected chi connectivity index (χ1v) is 46.9. The van der Waals surface area contributed by atoms with E-state index in [4.69, 9.17) is 48.1 Å². The van der Waals surface area contributed by atoms with Gasteiger partial charge in [0.2, 0.25) is 17.7 Å². The first kappa shape index (κ1) is 99.9. The van der Waals surface area contributed by atoms with E-state index in [0.717, 1.165) is 56.9 Å². The molecule has 720 valence electrons. The molecule has 5 saturated heterocycles. The van der Waals surface area contributed by atoms with E-state index in [2.05, 4.69) is 55.1 Å². The number of hydrogen-bond acceptors (Lipinski definition) is 25. The van der Waals surface area contributed by atoms with Crippen molar-refractivity contribution in [2.45, 2.75) is 246 Å². The van der Waals surface area contributed by atoms with Crippen molar-refractivity contribution in [1.82, 2.24) is 78.2 Å². The zero-order valence-corrected chi connectivity index (χ0v) is 78.8. The lowest BCUT2D eigenvalue weighted by Gasteiger charge is -2.42. The van der Waals surface area contributed by atoms with Gasteiger partial charge in [-0.1, -0.05) is 146 Å². The number of alkyl halides is 1. The van der Waals surface area contributed by atoms with Gasteiger partial charge < -0.3 is 65.1 Å². The SMILES string of the molecule is CC(C)[C@@H]1OC(=O)C2(/C=C/c3ccc4ccc(nc4c3)[C@@H](C)NC(=O)[C@@H]3CCCN(N3)C(=O)[C@H](C)NC1=O)COCOC2.CC1CCC2(/C=C/c3ccc4ccc(nc4c3)[C@@H](C)NC(=O)[C@@H]3CCCN(N3)C(=O)[C@H](C)NC(=O)C(C(C)C)OC2=O)CC1.CCC1(CF)OCC2(/C=C/c3ccc4ccc(nc4c3)[C@@H](C)NC(=O)[C@@H]3CCCN(N3)C(=O)[C@H](C)NC(=O)[C@H](C(C)C)OC2=O)CO1. The Hall–Kier alpha value is -11.6. The summed E-state index contributed by atoms with van der Waals surface area (Å²) in [6, 6.07) is 22.9. The van der Waals surface area contributed by atoms with Crippen LogP contribution in [0.5, 0.6) is 0 Å². The molecule has 34 nitrogen and oxygen atoms in total. The molecule has 6 aromatic rings. The Kier molecular flexibility index (Phi) is 32.3. The van der Waals surface area contributed by atoms with Crippen molar-refractivity contribution in [1.29, 1.82) is 0 Å². The van der Waals surface area contributed by atoms with Crippen molar-refractivity contribution in [3.05, 3.63) is 143 Å². The van der Waals surface area contributed by atoms with E-state index in [1.165, 1.54) is 22.0 Å². The summed E-state index contributed by atoms with van der Waals surface area (Å²) in [5.41, 5.74) is 12.0. The molecule has 9 amide bonds. The number of amides is 9. The second-order valence-electron chi connectivity index (χ2n) is 38.0. The summed E-state index contributed by atoms with van der Waals surface area (Å²) < 4.78 is 54.4. The second kappa shape index (κ2) is 43.4. The highest BCUT2D eigenvalue weighted by molar-refractivity contribution is 5.96. The molecule has 1 saturated carbocycles. The van der Waals surface area contributed by atoms with E-state index in [0.29, 0.717) is 99.4 Å². The molecule has 35 heteroatoms. The Morgan fingerprint density at radius 3 is 1.00 bits per heavy atom. The minimum absolute atomic E-state index is 0.0125. The molecule has 9 N–H and O–H groups in total. The zero-order valence-electron chi connectivity index (χ0n) is 78.8. The van der Waals surface area contributed by atoms with E-state index >= 15 is 0 Å². The van der Waals surface area contributed by atoms with Crippen molar-refractivity contribution < 1.29 is 95.1 Å². The van der Waals surface area contributed by atoms with Crippen molar-refractivity contribution in [2.75, 3.05) is 59.5 Å². The van der Waals surface area contributed by atoms with Gasteiger partial charge in [-0.2, -0.15) is 0 Å². The summed E-state index contributed by atoms with van der Waals surface area (Å²) >= 11 is 0. The summed E-state index contributed by atoms with van der Waals surface area (Å²) in [4.78, 5) is 176. The van der Waals surface area contributed by atoms with Crippen molar-refractivity contribution in [3.63, 3.8) is 0 Å². The zero-order chi connectivity index (χ0) is 96.3. The molecule has 3 spiro atoms. The van der Waals surface area contributed by atoms with Crippen LogP contribution >= 0.6 is 0 Å². The molecule has 12 atom stereocenters. The Bertz CT molecular complexity index is 5450. The smallest absolute Gasteiger partial charge is 0.321 e. The number of fused-ring (bicyclic) bond motifs is 12. The van der Waals surface area contributed by atoms with Crippen molar-refractivity contribution in [2.24, 2.45) is 39.9 Å². The number of hydrazine groups is 3. The molecule has 3 aromatic carbocycles. The third kappa shape index (κ3) is 23.5. The Morgan fingerprint density at radius 1 is 0.388 bits per heavy atom. The predicted octanol–water partition coefficient (Wildman–Crippen LogP) is 9.32. The monoisotopic (exact) mass is 1850 g/mol. The topological polar surface area (TPSA) is 426 Å². The number of rotatable bonds is 5. The summed E-state index contributed by atoms with van der Waals surface area (Å²) in [5.74, 6) is -7.73. The van der Waals surface area contributed by atoms with Gasteiger partial charge in [-0.3, -0.25) is 87.5 Å². The molecule has 1 aliphatic carbocycles. The molecule has 8 aliphatic heterocycles. The molecular weight excluding hydrogens is 1720 g/mol. The summed E-state index contributed by atoms with van der Waals surface area (Å²) in [6.07, 6.45) is 13.9. The molecule has 134 heavy (non-hydrogen) atoms. The first-order chi connectivity index (χ1) is 63.9. The van der Waals surface area contributed by atoms with Gasteiger partial charge >= 0.3 is 17.9 Å². The van der Waals surface area contributed by atoms with E-state index < -0.39 is 143 Å². The lowest BCUT2D eigenvalue weighted by atomic mass is 9.70. The third-order valence-electron chi connectivity index (χ3n) is 26.4. The summed E-state index contributed by atoms with van der Waals surface area (Å²) in [5, 5.41) is 24.1. The highest BCUT2D eigenvalue weighted by Crippen LogP contribution is 2.44. The summed E-state index contributed by atoms with van der Waals surface area (Å²) in [6.45, 7) is 24.6.